The van der Waals surface area contributed by atoms with Crippen molar-refractivity contribution in [2.24, 2.45) is 0 Å². The van der Waals surface area contributed by atoms with E-state index < -0.39 is 0 Å². The molecule has 0 saturated carbocycles. The highest BCUT2D eigenvalue weighted by atomic mass is 19.1. The molecule has 2 unspecified atom stereocenters. The summed E-state index contributed by atoms with van der Waals surface area (Å²) in [5, 5.41) is 0. The smallest absolute Gasteiger partial charge is 0.129 e. The lowest BCUT2D eigenvalue weighted by molar-refractivity contribution is -0.0924. The zero-order valence-corrected chi connectivity index (χ0v) is 17.5. The largest absolute Gasteiger partial charge is 0.376 e. The van der Waals surface area contributed by atoms with Crippen LogP contribution in [-0.4, -0.2) is 18.8 Å². The van der Waals surface area contributed by atoms with Crippen LogP contribution in [0.15, 0.2) is 36.4 Å². The molecule has 3 rings (SSSR count). The first-order chi connectivity index (χ1) is 13.6. The third kappa shape index (κ3) is 5.21. The zero-order chi connectivity index (χ0) is 19.9. The molecule has 28 heavy (non-hydrogen) atoms. The van der Waals surface area contributed by atoms with Crippen LogP contribution in [0.25, 0.3) is 11.1 Å². The number of benzene rings is 2. The van der Waals surface area contributed by atoms with Gasteiger partial charge in [0.25, 0.3) is 0 Å². The highest BCUT2D eigenvalue weighted by molar-refractivity contribution is 5.68. The molecule has 2 atom stereocenters. The van der Waals surface area contributed by atoms with Gasteiger partial charge in [-0.05, 0) is 60.4 Å². The third-order valence-corrected chi connectivity index (χ3v) is 5.68. The molecule has 2 aromatic rings. The van der Waals surface area contributed by atoms with Crippen molar-refractivity contribution >= 4 is 0 Å². The number of ether oxygens (including phenoxy) is 2. The van der Waals surface area contributed by atoms with Crippen LogP contribution in [0.3, 0.4) is 0 Å². The Hall–Kier alpha value is -1.71. The van der Waals surface area contributed by atoms with Crippen molar-refractivity contribution in [2.45, 2.75) is 78.1 Å². The van der Waals surface area contributed by atoms with E-state index in [1.54, 1.807) is 0 Å². The maximum absolute atomic E-state index is 14.6. The number of hydrogen-bond donors (Lipinski definition) is 0. The second kappa shape index (κ2) is 10.2. The molecule has 0 aliphatic carbocycles. The summed E-state index contributed by atoms with van der Waals surface area (Å²) < 4.78 is 26.5. The summed E-state index contributed by atoms with van der Waals surface area (Å²) in [6, 6.07) is 12.3. The van der Waals surface area contributed by atoms with E-state index in [1.165, 1.54) is 6.42 Å². The molecular weight excluding hydrogens is 351 g/mol. The predicted molar refractivity (Wildman–Crippen MR) is 113 cm³/mol. The van der Waals surface area contributed by atoms with Crippen LogP contribution in [0.5, 0.6) is 0 Å². The molecule has 0 amide bonds. The normalized spacial score (nSPS) is 19.7. The number of halogens is 1. The standard InChI is InChI=1S/C25H33FO2/c1-4-6-21-12-15-24(18(3)25(21)26)20-10-8-19(9-11-20)16-27-23-14-13-22(7-5-2)28-17-23/h8-12,15,22-23H,4-7,13-14,16-17H2,1-3H3. The van der Waals surface area contributed by atoms with Gasteiger partial charge < -0.3 is 9.47 Å². The first-order valence-electron chi connectivity index (χ1n) is 10.7. The number of aryl methyl sites for hydroxylation is 1. The van der Waals surface area contributed by atoms with E-state index in [-0.39, 0.29) is 11.9 Å². The maximum atomic E-state index is 14.6. The molecule has 2 aromatic carbocycles. The lowest BCUT2D eigenvalue weighted by atomic mass is 9.95. The van der Waals surface area contributed by atoms with Crippen molar-refractivity contribution < 1.29 is 13.9 Å². The van der Waals surface area contributed by atoms with Crippen LogP contribution in [0.4, 0.5) is 4.39 Å². The highest BCUT2D eigenvalue weighted by Crippen LogP contribution is 2.28. The molecule has 1 fully saturated rings. The van der Waals surface area contributed by atoms with E-state index in [0.29, 0.717) is 19.3 Å². The summed E-state index contributed by atoms with van der Waals surface area (Å²) >= 11 is 0. The number of hydrogen-bond acceptors (Lipinski definition) is 2. The molecule has 0 spiro atoms. The predicted octanol–water partition coefficient (Wildman–Crippen LogP) is 6.62. The summed E-state index contributed by atoms with van der Waals surface area (Å²) in [6.07, 6.45) is 6.83. The molecule has 0 N–H and O–H groups in total. The van der Waals surface area contributed by atoms with Crippen molar-refractivity contribution in [1.29, 1.82) is 0 Å². The Balaban J connectivity index is 1.58. The fraction of sp³-hybridized carbons (Fsp3) is 0.520. The van der Waals surface area contributed by atoms with Gasteiger partial charge in [0, 0.05) is 0 Å². The van der Waals surface area contributed by atoms with Crippen LogP contribution in [0.1, 0.15) is 62.6 Å². The lowest BCUT2D eigenvalue weighted by Crippen LogP contribution is -2.31. The van der Waals surface area contributed by atoms with Gasteiger partial charge in [0.1, 0.15) is 5.82 Å². The Labute approximate surface area is 169 Å². The molecule has 2 nitrogen and oxygen atoms in total. The third-order valence-electron chi connectivity index (χ3n) is 5.68. The minimum Gasteiger partial charge on any atom is -0.376 e. The quantitative estimate of drug-likeness (QED) is 0.509. The van der Waals surface area contributed by atoms with Gasteiger partial charge >= 0.3 is 0 Å². The number of rotatable bonds is 8. The van der Waals surface area contributed by atoms with Gasteiger partial charge in [-0.15, -0.1) is 0 Å². The summed E-state index contributed by atoms with van der Waals surface area (Å²) in [4.78, 5) is 0. The highest BCUT2D eigenvalue weighted by Gasteiger charge is 2.21. The molecular formula is C25H33FO2. The van der Waals surface area contributed by atoms with Gasteiger partial charge in [0.15, 0.2) is 0 Å². The van der Waals surface area contributed by atoms with Crippen LogP contribution >= 0.6 is 0 Å². The molecule has 152 valence electrons. The monoisotopic (exact) mass is 384 g/mol. The Morgan fingerprint density at radius 2 is 1.82 bits per heavy atom. The fourth-order valence-electron chi connectivity index (χ4n) is 3.97. The van der Waals surface area contributed by atoms with Crippen LogP contribution < -0.4 is 0 Å². The van der Waals surface area contributed by atoms with Gasteiger partial charge in [-0.3, -0.25) is 0 Å². The second-order valence-corrected chi connectivity index (χ2v) is 7.91. The Bertz CT molecular complexity index is 746. The van der Waals surface area contributed by atoms with E-state index >= 15 is 0 Å². The molecule has 1 aliphatic heterocycles. The Kier molecular flexibility index (Phi) is 7.64. The van der Waals surface area contributed by atoms with E-state index in [2.05, 4.69) is 38.1 Å². The first-order valence-corrected chi connectivity index (χ1v) is 10.7. The summed E-state index contributed by atoms with van der Waals surface area (Å²) in [6.45, 7) is 7.44. The van der Waals surface area contributed by atoms with Gasteiger partial charge in [-0.2, -0.15) is 0 Å². The average Bonchev–Trinajstić information content (AvgIpc) is 2.72. The maximum Gasteiger partial charge on any atom is 0.129 e. The molecule has 0 radical (unpaired) electrons. The molecule has 3 heteroatoms. The SMILES string of the molecule is CCCc1ccc(-c2ccc(COC3CCC(CCC)OC3)cc2)c(C)c1F. The zero-order valence-electron chi connectivity index (χ0n) is 17.5. The summed E-state index contributed by atoms with van der Waals surface area (Å²) in [7, 11) is 0. The molecule has 1 aliphatic rings. The van der Waals surface area contributed by atoms with Gasteiger partial charge in [-0.1, -0.05) is 63.1 Å². The van der Waals surface area contributed by atoms with Crippen LogP contribution in [-0.2, 0) is 22.5 Å². The van der Waals surface area contributed by atoms with Crippen molar-refractivity contribution in [3.63, 3.8) is 0 Å². The van der Waals surface area contributed by atoms with Crippen molar-refractivity contribution in [3.8, 4) is 11.1 Å². The van der Waals surface area contributed by atoms with Crippen molar-refractivity contribution in [1.82, 2.24) is 0 Å². The minimum absolute atomic E-state index is 0.0644. The first kappa shape index (κ1) is 21.0. The van der Waals surface area contributed by atoms with E-state index in [0.717, 1.165) is 59.9 Å². The van der Waals surface area contributed by atoms with Crippen LogP contribution in [0, 0.1) is 12.7 Å². The van der Waals surface area contributed by atoms with Crippen molar-refractivity contribution in [3.05, 3.63) is 58.9 Å². The molecule has 0 bridgehead atoms. The van der Waals surface area contributed by atoms with Gasteiger partial charge in [0.2, 0.25) is 0 Å². The van der Waals surface area contributed by atoms with Crippen LogP contribution in [0.2, 0.25) is 0 Å². The van der Waals surface area contributed by atoms with Gasteiger partial charge in [-0.25, -0.2) is 4.39 Å². The van der Waals surface area contributed by atoms with E-state index in [1.807, 2.05) is 19.1 Å². The van der Waals surface area contributed by atoms with Crippen molar-refractivity contribution in [2.75, 3.05) is 6.61 Å². The minimum atomic E-state index is -0.0644. The van der Waals surface area contributed by atoms with Gasteiger partial charge in [0.05, 0.1) is 25.4 Å². The molecule has 0 aromatic heterocycles. The average molecular weight is 385 g/mol. The summed E-state index contributed by atoms with van der Waals surface area (Å²) in [5.41, 5.74) is 4.69. The van der Waals surface area contributed by atoms with E-state index in [4.69, 9.17) is 9.47 Å². The van der Waals surface area contributed by atoms with E-state index in [9.17, 15) is 4.39 Å². The second-order valence-electron chi connectivity index (χ2n) is 7.91. The molecule has 1 saturated heterocycles. The fourth-order valence-corrected chi connectivity index (χ4v) is 3.97. The Morgan fingerprint density at radius 1 is 1.04 bits per heavy atom. The topological polar surface area (TPSA) is 18.5 Å². The lowest BCUT2D eigenvalue weighted by Gasteiger charge is -2.29. The Morgan fingerprint density at radius 3 is 2.46 bits per heavy atom. The summed E-state index contributed by atoms with van der Waals surface area (Å²) in [5.74, 6) is -0.0644. The molecule has 1 heterocycles.